The van der Waals surface area contributed by atoms with Gasteiger partial charge in [0.2, 0.25) is 0 Å². The lowest BCUT2D eigenvalue weighted by Crippen LogP contribution is -2.37. The molecule has 4 N–H and O–H groups in total. The molecule has 1 aliphatic heterocycles. The highest BCUT2D eigenvalue weighted by atomic mass is 16.1. The zero-order valence-corrected chi connectivity index (χ0v) is 12.1. The summed E-state index contributed by atoms with van der Waals surface area (Å²) in [6.45, 7) is 5.86. The van der Waals surface area contributed by atoms with E-state index >= 15 is 0 Å². The summed E-state index contributed by atoms with van der Waals surface area (Å²) in [5, 5.41) is 2.97. The van der Waals surface area contributed by atoms with Gasteiger partial charge in [-0.2, -0.15) is 0 Å². The number of carbonyl (C=O) groups excluding carboxylic acids is 1. The average molecular weight is 276 g/mol. The Morgan fingerprint density at radius 3 is 2.75 bits per heavy atom. The van der Waals surface area contributed by atoms with E-state index in [9.17, 15) is 4.79 Å². The van der Waals surface area contributed by atoms with Gasteiger partial charge in [0.05, 0.1) is 11.3 Å². The monoisotopic (exact) mass is 276 g/mol. The molecular weight excluding hydrogens is 252 g/mol. The second-order valence-corrected chi connectivity index (χ2v) is 5.35. The van der Waals surface area contributed by atoms with Crippen LogP contribution in [0.4, 0.5) is 5.69 Å². The van der Waals surface area contributed by atoms with Gasteiger partial charge < -0.3 is 15.6 Å². The summed E-state index contributed by atoms with van der Waals surface area (Å²) in [5.74, 6) is 5.38. The molecule has 2 rings (SSSR count). The van der Waals surface area contributed by atoms with Crippen LogP contribution in [-0.2, 0) is 0 Å². The summed E-state index contributed by atoms with van der Waals surface area (Å²) in [7, 11) is 0. The largest absolute Gasteiger partial charge is 0.351 e. The normalized spacial score (nSPS) is 15.9. The molecule has 1 aromatic carbocycles. The van der Waals surface area contributed by atoms with Crippen LogP contribution in [0, 0.1) is 6.92 Å². The molecule has 1 fully saturated rings. The van der Waals surface area contributed by atoms with Crippen molar-refractivity contribution in [2.24, 2.45) is 5.84 Å². The first-order valence-corrected chi connectivity index (χ1v) is 7.28. The lowest BCUT2D eigenvalue weighted by Gasteiger charge is -2.26. The standard InChI is InChI=1S/C15H24N4O/c1-12-5-6-14(18-16)13(11-12)15(20)17-7-10-19-8-3-2-4-9-19/h5-6,11,18H,2-4,7-10,16H2,1H3,(H,17,20). The van der Waals surface area contributed by atoms with Crippen LogP contribution >= 0.6 is 0 Å². The molecule has 0 unspecified atom stereocenters. The molecule has 1 saturated heterocycles. The van der Waals surface area contributed by atoms with Crippen LogP contribution in [0.5, 0.6) is 0 Å². The number of nitrogens with zero attached hydrogens (tertiary/aromatic N) is 1. The van der Waals surface area contributed by atoms with E-state index in [1.807, 2.05) is 25.1 Å². The van der Waals surface area contributed by atoms with Crippen LogP contribution in [0.2, 0.25) is 0 Å². The number of aryl methyl sites for hydroxylation is 1. The number of carbonyl (C=O) groups is 1. The lowest BCUT2D eigenvalue weighted by atomic mass is 10.1. The van der Waals surface area contributed by atoms with Gasteiger partial charge in [0.25, 0.3) is 5.91 Å². The summed E-state index contributed by atoms with van der Waals surface area (Å²) >= 11 is 0. The van der Waals surface area contributed by atoms with Crippen molar-refractivity contribution >= 4 is 11.6 Å². The third kappa shape index (κ3) is 3.95. The van der Waals surface area contributed by atoms with E-state index in [0.29, 0.717) is 17.8 Å². The summed E-state index contributed by atoms with van der Waals surface area (Å²) in [6, 6.07) is 5.61. The number of nitrogen functional groups attached to an aromatic ring is 1. The molecule has 0 radical (unpaired) electrons. The number of hydrogen-bond acceptors (Lipinski definition) is 4. The zero-order chi connectivity index (χ0) is 14.4. The van der Waals surface area contributed by atoms with Gasteiger partial charge in [-0.25, -0.2) is 0 Å². The first-order valence-electron chi connectivity index (χ1n) is 7.28. The fraction of sp³-hybridized carbons (Fsp3) is 0.533. The van der Waals surface area contributed by atoms with Crippen LogP contribution in [0.1, 0.15) is 35.2 Å². The van der Waals surface area contributed by atoms with Gasteiger partial charge in [-0.3, -0.25) is 10.6 Å². The Hall–Kier alpha value is -1.59. The Morgan fingerprint density at radius 1 is 1.30 bits per heavy atom. The van der Waals surface area contributed by atoms with E-state index in [2.05, 4.69) is 15.6 Å². The topological polar surface area (TPSA) is 70.4 Å². The maximum absolute atomic E-state index is 12.2. The van der Waals surface area contributed by atoms with E-state index in [4.69, 9.17) is 5.84 Å². The molecule has 0 atom stereocenters. The second-order valence-electron chi connectivity index (χ2n) is 5.35. The van der Waals surface area contributed by atoms with Gasteiger partial charge in [0, 0.05) is 13.1 Å². The fourth-order valence-corrected chi connectivity index (χ4v) is 2.58. The van der Waals surface area contributed by atoms with Gasteiger partial charge in [-0.05, 0) is 45.0 Å². The predicted molar refractivity (Wildman–Crippen MR) is 81.6 cm³/mol. The summed E-state index contributed by atoms with van der Waals surface area (Å²) in [4.78, 5) is 14.6. The van der Waals surface area contributed by atoms with Crippen LogP contribution in [0.3, 0.4) is 0 Å². The molecule has 20 heavy (non-hydrogen) atoms. The quantitative estimate of drug-likeness (QED) is 0.563. The van der Waals surface area contributed by atoms with Crippen molar-refractivity contribution in [2.75, 3.05) is 31.6 Å². The smallest absolute Gasteiger partial charge is 0.253 e. The van der Waals surface area contributed by atoms with E-state index in [-0.39, 0.29) is 5.91 Å². The molecule has 1 aliphatic rings. The minimum Gasteiger partial charge on any atom is -0.351 e. The number of hydrazine groups is 1. The summed E-state index contributed by atoms with van der Waals surface area (Å²) in [6.07, 6.45) is 3.87. The Kier molecular flexibility index (Phi) is 5.38. The fourth-order valence-electron chi connectivity index (χ4n) is 2.58. The number of rotatable bonds is 5. The molecule has 0 aromatic heterocycles. The van der Waals surface area contributed by atoms with Crippen LogP contribution in [0.25, 0.3) is 0 Å². The SMILES string of the molecule is Cc1ccc(NN)c(C(=O)NCCN2CCCCC2)c1. The molecule has 5 heteroatoms. The van der Waals surface area contributed by atoms with Crippen molar-refractivity contribution in [3.05, 3.63) is 29.3 Å². The molecule has 5 nitrogen and oxygen atoms in total. The molecule has 0 saturated carbocycles. The molecule has 1 aromatic rings. The van der Waals surface area contributed by atoms with Crippen LogP contribution in [0.15, 0.2) is 18.2 Å². The molecule has 110 valence electrons. The van der Waals surface area contributed by atoms with Gasteiger partial charge in [-0.15, -0.1) is 0 Å². The second kappa shape index (κ2) is 7.26. The molecule has 0 bridgehead atoms. The van der Waals surface area contributed by atoms with Crippen LogP contribution < -0.4 is 16.6 Å². The van der Waals surface area contributed by atoms with Gasteiger partial charge in [-0.1, -0.05) is 18.1 Å². The Bertz CT molecular complexity index is 455. The van der Waals surface area contributed by atoms with E-state index in [1.54, 1.807) is 0 Å². The number of nitrogens with two attached hydrogens (primary N) is 1. The predicted octanol–water partition coefficient (Wildman–Crippen LogP) is 1.50. The Balaban J connectivity index is 1.86. The number of likely N-dealkylation sites (tertiary alicyclic amines) is 1. The highest BCUT2D eigenvalue weighted by Crippen LogP contribution is 2.16. The van der Waals surface area contributed by atoms with Crippen molar-refractivity contribution in [1.82, 2.24) is 10.2 Å². The number of anilines is 1. The van der Waals surface area contributed by atoms with Crippen molar-refractivity contribution in [3.8, 4) is 0 Å². The number of nitrogens with one attached hydrogen (secondary N) is 2. The highest BCUT2D eigenvalue weighted by Gasteiger charge is 2.13. The van der Waals surface area contributed by atoms with E-state index in [1.165, 1.54) is 19.3 Å². The van der Waals surface area contributed by atoms with E-state index in [0.717, 1.165) is 25.2 Å². The third-order valence-electron chi connectivity index (χ3n) is 3.74. The van der Waals surface area contributed by atoms with Crippen LogP contribution in [-0.4, -0.2) is 37.0 Å². The Labute approximate surface area is 120 Å². The number of benzene rings is 1. The zero-order valence-electron chi connectivity index (χ0n) is 12.1. The van der Waals surface area contributed by atoms with Crippen molar-refractivity contribution < 1.29 is 4.79 Å². The summed E-state index contributed by atoms with van der Waals surface area (Å²) < 4.78 is 0. The minimum atomic E-state index is -0.0707. The molecule has 0 spiro atoms. The average Bonchev–Trinajstić information content (AvgIpc) is 2.48. The van der Waals surface area contributed by atoms with Gasteiger partial charge in [0.15, 0.2) is 0 Å². The molecule has 1 amide bonds. The maximum atomic E-state index is 12.2. The highest BCUT2D eigenvalue weighted by molar-refractivity contribution is 5.99. The number of amides is 1. The number of hydrogen-bond donors (Lipinski definition) is 3. The molecular formula is C15H24N4O. The lowest BCUT2D eigenvalue weighted by molar-refractivity contribution is 0.0947. The van der Waals surface area contributed by atoms with Gasteiger partial charge in [0.1, 0.15) is 0 Å². The third-order valence-corrected chi connectivity index (χ3v) is 3.74. The minimum absolute atomic E-state index is 0.0707. The first-order chi connectivity index (χ1) is 9.70. The van der Waals surface area contributed by atoms with Gasteiger partial charge >= 0.3 is 0 Å². The molecule has 0 aliphatic carbocycles. The van der Waals surface area contributed by atoms with Crippen molar-refractivity contribution in [3.63, 3.8) is 0 Å². The molecule has 1 heterocycles. The summed E-state index contributed by atoms with van der Waals surface area (Å²) in [5.41, 5.74) is 4.88. The first kappa shape index (κ1) is 14.8. The number of piperidine rings is 1. The Morgan fingerprint density at radius 2 is 2.05 bits per heavy atom. The van der Waals surface area contributed by atoms with Crippen molar-refractivity contribution in [1.29, 1.82) is 0 Å². The van der Waals surface area contributed by atoms with E-state index < -0.39 is 0 Å². The van der Waals surface area contributed by atoms with Crippen molar-refractivity contribution in [2.45, 2.75) is 26.2 Å². The maximum Gasteiger partial charge on any atom is 0.253 e.